The molecule has 2 heterocycles. The molecule has 11 heteroatoms. The molecule has 1 aliphatic heterocycles. The first-order valence-corrected chi connectivity index (χ1v) is 9.32. The van der Waals surface area contributed by atoms with E-state index in [1.807, 2.05) is 4.90 Å². The molecule has 31 heavy (non-hydrogen) atoms. The van der Waals surface area contributed by atoms with Gasteiger partial charge in [0.25, 0.3) is 0 Å². The van der Waals surface area contributed by atoms with Crippen LogP contribution < -0.4 is 15.6 Å². The first-order valence-electron chi connectivity index (χ1n) is 9.32. The highest BCUT2D eigenvalue weighted by Crippen LogP contribution is 2.19. The molecule has 162 valence electrons. The second-order valence-corrected chi connectivity index (χ2v) is 6.41. The molecule has 8 nitrogen and oxygen atoms in total. The molecule has 1 fully saturated rings. The van der Waals surface area contributed by atoms with Gasteiger partial charge in [-0.05, 0) is 30.3 Å². The number of nitrogens with zero attached hydrogens (tertiary/aromatic N) is 5. The van der Waals surface area contributed by atoms with Crippen LogP contribution >= 0.6 is 12.4 Å². The summed E-state index contributed by atoms with van der Waals surface area (Å²) in [5.74, 6) is 0.174. The van der Waals surface area contributed by atoms with Gasteiger partial charge in [-0.15, -0.1) is 12.4 Å². The third-order valence-electron chi connectivity index (χ3n) is 4.29. The fourth-order valence-corrected chi connectivity index (χ4v) is 2.78. The summed E-state index contributed by atoms with van der Waals surface area (Å²) in [5.41, 5.74) is 3.67. The van der Waals surface area contributed by atoms with Crippen LogP contribution in [0, 0.1) is 11.6 Å². The zero-order valence-electron chi connectivity index (χ0n) is 16.3. The summed E-state index contributed by atoms with van der Waals surface area (Å²) in [5, 5.41) is 7.06. The molecule has 0 radical (unpaired) electrons. The Balaban J connectivity index is 0.00000272. The van der Waals surface area contributed by atoms with Gasteiger partial charge in [0, 0.05) is 24.3 Å². The SMILES string of the molecule is Cl.Fc1ccc(Nc2nc(N/N=C/c3ccccc3F)nc(N3CCOCC3)n2)cc1. The van der Waals surface area contributed by atoms with Crippen LogP contribution in [-0.4, -0.2) is 47.5 Å². The largest absolute Gasteiger partial charge is 0.378 e. The van der Waals surface area contributed by atoms with Gasteiger partial charge in [-0.3, -0.25) is 0 Å². The van der Waals surface area contributed by atoms with Crippen LogP contribution in [0.15, 0.2) is 53.6 Å². The van der Waals surface area contributed by atoms with Gasteiger partial charge in [0.15, 0.2) is 0 Å². The monoisotopic (exact) mass is 447 g/mol. The number of nitrogens with one attached hydrogen (secondary N) is 2. The van der Waals surface area contributed by atoms with Crippen molar-refractivity contribution in [2.24, 2.45) is 5.10 Å². The van der Waals surface area contributed by atoms with E-state index in [9.17, 15) is 8.78 Å². The van der Waals surface area contributed by atoms with E-state index in [0.717, 1.165) is 0 Å². The molecule has 2 N–H and O–H groups in total. The maximum atomic E-state index is 13.7. The maximum Gasteiger partial charge on any atom is 0.250 e. The Kier molecular flexibility index (Phi) is 7.63. The van der Waals surface area contributed by atoms with E-state index in [-0.39, 0.29) is 35.9 Å². The van der Waals surface area contributed by atoms with Crippen molar-refractivity contribution in [1.82, 2.24) is 15.0 Å². The van der Waals surface area contributed by atoms with E-state index in [2.05, 4.69) is 30.8 Å². The normalized spacial score (nSPS) is 13.7. The number of hydrazone groups is 1. The Bertz CT molecular complexity index is 1030. The highest BCUT2D eigenvalue weighted by atomic mass is 35.5. The first-order chi connectivity index (χ1) is 14.7. The second kappa shape index (κ2) is 10.6. The Morgan fingerprint density at radius 1 is 0.935 bits per heavy atom. The molecule has 0 amide bonds. The summed E-state index contributed by atoms with van der Waals surface area (Å²) < 4.78 is 32.3. The van der Waals surface area contributed by atoms with Gasteiger partial charge in [0.05, 0.1) is 19.4 Å². The molecule has 0 bridgehead atoms. The van der Waals surface area contributed by atoms with Crippen molar-refractivity contribution in [1.29, 1.82) is 0 Å². The van der Waals surface area contributed by atoms with E-state index in [1.165, 1.54) is 24.4 Å². The van der Waals surface area contributed by atoms with Crippen molar-refractivity contribution in [3.63, 3.8) is 0 Å². The number of hydrogen-bond donors (Lipinski definition) is 2. The molecule has 0 unspecified atom stereocenters. The number of ether oxygens (including phenoxy) is 1. The standard InChI is InChI=1S/C20H19F2N7O.ClH/c21-15-5-7-16(8-6-15)24-18-25-19(27-20(26-18)29-9-11-30-12-10-29)28-23-13-14-3-1-2-4-17(14)22;/h1-8,13H,9-12H2,(H2,24,25,26,27,28);1H/b23-13+;. The first kappa shape index (κ1) is 22.3. The number of rotatable bonds is 6. The molecule has 0 aliphatic carbocycles. The number of hydrogen-bond acceptors (Lipinski definition) is 8. The summed E-state index contributed by atoms with van der Waals surface area (Å²) in [4.78, 5) is 15.1. The molecule has 0 saturated carbocycles. The zero-order chi connectivity index (χ0) is 20.8. The molecule has 2 aromatic carbocycles. The lowest BCUT2D eigenvalue weighted by Crippen LogP contribution is -2.37. The smallest absolute Gasteiger partial charge is 0.250 e. The van der Waals surface area contributed by atoms with Crippen LogP contribution in [0.5, 0.6) is 0 Å². The summed E-state index contributed by atoms with van der Waals surface area (Å²) in [6.07, 6.45) is 1.35. The lowest BCUT2D eigenvalue weighted by atomic mass is 10.2. The molecule has 1 aliphatic rings. The fourth-order valence-electron chi connectivity index (χ4n) is 2.78. The third kappa shape index (κ3) is 6.06. The van der Waals surface area contributed by atoms with Crippen molar-refractivity contribution in [3.05, 3.63) is 65.7 Å². The van der Waals surface area contributed by atoms with E-state index < -0.39 is 0 Å². The molecule has 3 aromatic rings. The van der Waals surface area contributed by atoms with Crippen LogP contribution in [-0.2, 0) is 4.74 Å². The minimum Gasteiger partial charge on any atom is -0.378 e. The van der Waals surface area contributed by atoms with Crippen LogP contribution in [0.1, 0.15) is 5.56 Å². The fraction of sp³-hybridized carbons (Fsp3) is 0.200. The molecule has 1 aromatic heterocycles. The molecule has 1 saturated heterocycles. The van der Waals surface area contributed by atoms with Crippen molar-refractivity contribution in [2.45, 2.75) is 0 Å². The summed E-state index contributed by atoms with van der Waals surface area (Å²) in [7, 11) is 0. The number of morpholine rings is 1. The molecule has 0 atom stereocenters. The number of anilines is 4. The van der Waals surface area contributed by atoms with Crippen molar-refractivity contribution in [3.8, 4) is 0 Å². The Morgan fingerprint density at radius 2 is 1.65 bits per heavy atom. The summed E-state index contributed by atoms with van der Waals surface area (Å²) in [6.45, 7) is 2.41. The average Bonchev–Trinajstić information content (AvgIpc) is 2.77. The second-order valence-electron chi connectivity index (χ2n) is 6.41. The van der Waals surface area contributed by atoms with Gasteiger partial charge in [-0.2, -0.15) is 20.1 Å². The Labute approximate surface area is 183 Å². The van der Waals surface area contributed by atoms with Crippen molar-refractivity contribution >= 4 is 42.2 Å². The third-order valence-corrected chi connectivity index (χ3v) is 4.29. The van der Waals surface area contributed by atoms with Crippen LogP contribution in [0.2, 0.25) is 0 Å². The van der Waals surface area contributed by atoms with Crippen LogP contribution in [0.3, 0.4) is 0 Å². The zero-order valence-corrected chi connectivity index (χ0v) is 17.1. The van der Waals surface area contributed by atoms with Crippen LogP contribution in [0.25, 0.3) is 0 Å². The minimum atomic E-state index is -0.383. The maximum absolute atomic E-state index is 13.7. The summed E-state index contributed by atoms with van der Waals surface area (Å²) in [6, 6.07) is 12.1. The molecule has 0 spiro atoms. The van der Waals surface area contributed by atoms with E-state index >= 15 is 0 Å². The predicted octanol–water partition coefficient (Wildman–Crippen LogP) is 3.60. The van der Waals surface area contributed by atoms with Gasteiger partial charge in [0.1, 0.15) is 11.6 Å². The number of benzene rings is 2. The summed E-state index contributed by atoms with van der Waals surface area (Å²) >= 11 is 0. The highest BCUT2D eigenvalue weighted by molar-refractivity contribution is 5.85. The molecular formula is C20H20ClF2N7O. The minimum absolute atomic E-state index is 0. The lowest BCUT2D eigenvalue weighted by molar-refractivity contribution is 0.122. The van der Waals surface area contributed by atoms with Gasteiger partial charge in [-0.1, -0.05) is 18.2 Å². The number of halogens is 3. The van der Waals surface area contributed by atoms with Crippen LogP contribution in [0.4, 0.5) is 32.3 Å². The van der Waals surface area contributed by atoms with Crippen molar-refractivity contribution in [2.75, 3.05) is 41.9 Å². The topological polar surface area (TPSA) is 87.6 Å². The van der Waals surface area contributed by atoms with Gasteiger partial charge < -0.3 is 15.0 Å². The molecule has 4 rings (SSSR count). The Morgan fingerprint density at radius 3 is 2.39 bits per heavy atom. The number of aromatic nitrogens is 3. The predicted molar refractivity (Wildman–Crippen MR) is 117 cm³/mol. The van der Waals surface area contributed by atoms with E-state index in [1.54, 1.807) is 30.3 Å². The molecular weight excluding hydrogens is 428 g/mol. The van der Waals surface area contributed by atoms with Gasteiger partial charge in [-0.25, -0.2) is 14.2 Å². The lowest BCUT2D eigenvalue weighted by Gasteiger charge is -2.27. The Hall–Kier alpha value is -3.37. The highest BCUT2D eigenvalue weighted by Gasteiger charge is 2.16. The average molecular weight is 448 g/mol. The van der Waals surface area contributed by atoms with E-state index in [0.29, 0.717) is 43.5 Å². The van der Waals surface area contributed by atoms with E-state index in [4.69, 9.17) is 4.74 Å². The quantitative estimate of drug-likeness (QED) is 0.441. The van der Waals surface area contributed by atoms with Gasteiger partial charge >= 0.3 is 0 Å². The van der Waals surface area contributed by atoms with Gasteiger partial charge in [0.2, 0.25) is 17.8 Å². The van der Waals surface area contributed by atoms with Crippen molar-refractivity contribution < 1.29 is 13.5 Å².